The minimum atomic E-state index is -0.731. The summed E-state index contributed by atoms with van der Waals surface area (Å²) in [5.74, 6) is -1.65. The van der Waals surface area contributed by atoms with E-state index in [1.54, 1.807) is 24.3 Å². The van der Waals surface area contributed by atoms with Crippen LogP contribution in [0.5, 0.6) is 0 Å². The highest BCUT2D eigenvalue weighted by Crippen LogP contribution is 2.19. The second-order valence-corrected chi connectivity index (χ2v) is 7.38. The Balaban J connectivity index is 1.62. The first-order valence-electron chi connectivity index (χ1n) is 10.1. The van der Waals surface area contributed by atoms with Crippen molar-refractivity contribution in [2.45, 2.75) is 25.9 Å². The van der Waals surface area contributed by atoms with Crippen LogP contribution in [0.15, 0.2) is 54.7 Å². The van der Waals surface area contributed by atoms with E-state index in [-0.39, 0.29) is 24.9 Å². The minimum Gasteiger partial charge on any atom is -0.368 e. The quantitative estimate of drug-likeness (QED) is 0.337. The fourth-order valence-electron chi connectivity index (χ4n) is 3.33. The van der Waals surface area contributed by atoms with Gasteiger partial charge in [0.25, 0.3) is 5.91 Å². The zero-order valence-corrected chi connectivity index (χ0v) is 17.6. The van der Waals surface area contributed by atoms with E-state index in [4.69, 9.17) is 5.73 Å². The molecule has 1 unspecified atom stereocenters. The van der Waals surface area contributed by atoms with Gasteiger partial charge < -0.3 is 26.7 Å². The van der Waals surface area contributed by atoms with Gasteiger partial charge in [-0.2, -0.15) is 0 Å². The number of carbonyl (C=O) groups excluding carboxylic acids is 4. The molecule has 1 aromatic heterocycles. The maximum Gasteiger partial charge on any atom is 0.251 e. The molecule has 1 heterocycles. The number of fused-ring (bicyclic) bond motifs is 1. The first-order valence-corrected chi connectivity index (χ1v) is 10.1. The molecule has 0 aliphatic carbocycles. The van der Waals surface area contributed by atoms with Crippen LogP contribution >= 0.6 is 0 Å². The van der Waals surface area contributed by atoms with Crippen LogP contribution in [0.25, 0.3) is 10.9 Å². The summed E-state index contributed by atoms with van der Waals surface area (Å²) >= 11 is 0. The molecular formula is C23H25N5O4. The number of primary amides is 1. The lowest BCUT2D eigenvalue weighted by atomic mass is 10.0. The van der Waals surface area contributed by atoms with Crippen LogP contribution in [0.1, 0.15) is 28.4 Å². The third-order valence-electron chi connectivity index (χ3n) is 4.90. The van der Waals surface area contributed by atoms with Gasteiger partial charge in [-0.3, -0.25) is 19.2 Å². The lowest BCUT2D eigenvalue weighted by Gasteiger charge is -2.17. The second-order valence-electron chi connectivity index (χ2n) is 7.38. The summed E-state index contributed by atoms with van der Waals surface area (Å²) < 4.78 is 0. The monoisotopic (exact) mass is 435 g/mol. The molecule has 9 nitrogen and oxygen atoms in total. The van der Waals surface area contributed by atoms with E-state index < -0.39 is 17.9 Å². The summed E-state index contributed by atoms with van der Waals surface area (Å²) in [6, 6.07) is 13.6. The van der Waals surface area contributed by atoms with Crippen molar-refractivity contribution >= 4 is 34.5 Å². The van der Waals surface area contributed by atoms with Gasteiger partial charge in [-0.15, -0.1) is 0 Å². The van der Waals surface area contributed by atoms with Crippen LogP contribution in [-0.4, -0.2) is 41.2 Å². The standard InChI is InChI=1S/C23H25N5O4/c1-14(29)28-20(10-17-12-25-19-5-3-2-4-18(17)19)23(32)26-11-15-6-8-16(9-7-15)22(31)27-13-21(24)30/h2-9,12,20,25H,10-11,13H2,1H3,(H2,24,30)(H,26,32)(H,27,31)(H,28,29). The number of carbonyl (C=O) groups is 4. The van der Waals surface area contributed by atoms with Crippen molar-refractivity contribution in [3.63, 3.8) is 0 Å². The van der Waals surface area contributed by atoms with E-state index in [1.807, 2.05) is 30.5 Å². The molecule has 0 saturated heterocycles. The summed E-state index contributed by atoms with van der Waals surface area (Å²) in [6.07, 6.45) is 2.18. The largest absolute Gasteiger partial charge is 0.368 e. The Morgan fingerprint density at radius 3 is 2.41 bits per heavy atom. The summed E-state index contributed by atoms with van der Waals surface area (Å²) in [5, 5.41) is 8.95. The van der Waals surface area contributed by atoms with E-state index in [9.17, 15) is 19.2 Å². The average molecular weight is 435 g/mol. The number of hydrogen-bond donors (Lipinski definition) is 5. The van der Waals surface area contributed by atoms with Gasteiger partial charge >= 0.3 is 0 Å². The zero-order chi connectivity index (χ0) is 23.1. The van der Waals surface area contributed by atoms with E-state index in [2.05, 4.69) is 20.9 Å². The van der Waals surface area contributed by atoms with Crippen LogP contribution in [0.3, 0.4) is 0 Å². The molecule has 0 aliphatic rings. The minimum absolute atomic E-state index is 0.228. The van der Waals surface area contributed by atoms with E-state index in [0.29, 0.717) is 12.0 Å². The van der Waals surface area contributed by atoms with Gasteiger partial charge in [-0.25, -0.2) is 0 Å². The normalized spacial score (nSPS) is 11.5. The highest BCUT2D eigenvalue weighted by Gasteiger charge is 2.21. The Kier molecular flexibility index (Phi) is 7.22. The number of nitrogens with two attached hydrogens (primary N) is 1. The van der Waals surface area contributed by atoms with E-state index in [1.165, 1.54) is 6.92 Å². The topological polar surface area (TPSA) is 146 Å². The van der Waals surface area contributed by atoms with Gasteiger partial charge in [0.1, 0.15) is 6.04 Å². The van der Waals surface area contributed by atoms with Gasteiger partial charge in [0, 0.05) is 42.6 Å². The number of hydrogen-bond acceptors (Lipinski definition) is 4. The molecule has 3 aromatic rings. The van der Waals surface area contributed by atoms with Gasteiger partial charge in [-0.1, -0.05) is 30.3 Å². The van der Waals surface area contributed by atoms with Crippen LogP contribution in [-0.2, 0) is 27.3 Å². The van der Waals surface area contributed by atoms with Crippen LogP contribution in [0.2, 0.25) is 0 Å². The van der Waals surface area contributed by atoms with Crippen molar-refractivity contribution in [3.05, 3.63) is 71.4 Å². The van der Waals surface area contributed by atoms with Gasteiger partial charge in [0.2, 0.25) is 17.7 Å². The van der Waals surface area contributed by atoms with E-state index >= 15 is 0 Å². The molecule has 0 spiro atoms. The highest BCUT2D eigenvalue weighted by molar-refractivity contribution is 5.96. The lowest BCUT2D eigenvalue weighted by molar-refractivity contribution is -0.128. The smallest absolute Gasteiger partial charge is 0.251 e. The molecule has 4 amide bonds. The molecule has 166 valence electrons. The average Bonchev–Trinajstić information content (AvgIpc) is 3.18. The molecule has 0 radical (unpaired) electrons. The Hall–Kier alpha value is -4.14. The fourth-order valence-corrected chi connectivity index (χ4v) is 3.33. The predicted molar refractivity (Wildman–Crippen MR) is 119 cm³/mol. The summed E-state index contributed by atoms with van der Waals surface area (Å²) in [6.45, 7) is 1.36. The number of aromatic amines is 1. The molecule has 0 saturated carbocycles. The molecule has 3 rings (SSSR count). The first-order chi connectivity index (χ1) is 15.3. The van der Waals surface area contributed by atoms with Crippen molar-refractivity contribution in [2.75, 3.05) is 6.54 Å². The summed E-state index contributed by atoms with van der Waals surface area (Å²) in [7, 11) is 0. The van der Waals surface area contributed by atoms with Crippen molar-refractivity contribution in [3.8, 4) is 0 Å². The van der Waals surface area contributed by atoms with Gasteiger partial charge in [0.05, 0.1) is 6.54 Å². The number of nitrogens with one attached hydrogen (secondary N) is 4. The Bertz CT molecular complexity index is 1140. The number of aromatic nitrogens is 1. The zero-order valence-electron chi connectivity index (χ0n) is 17.6. The molecule has 0 aliphatic heterocycles. The Morgan fingerprint density at radius 2 is 1.72 bits per heavy atom. The molecule has 0 fully saturated rings. The van der Waals surface area contributed by atoms with Gasteiger partial charge in [0.15, 0.2) is 0 Å². The molecule has 6 N–H and O–H groups in total. The third-order valence-corrected chi connectivity index (χ3v) is 4.90. The van der Waals surface area contributed by atoms with Crippen molar-refractivity contribution in [1.29, 1.82) is 0 Å². The van der Waals surface area contributed by atoms with Gasteiger partial charge in [-0.05, 0) is 29.3 Å². The maximum atomic E-state index is 12.8. The molecule has 32 heavy (non-hydrogen) atoms. The lowest BCUT2D eigenvalue weighted by Crippen LogP contribution is -2.47. The van der Waals surface area contributed by atoms with Crippen molar-refractivity contribution < 1.29 is 19.2 Å². The number of para-hydroxylation sites is 1. The Labute approximate surface area is 184 Å². The second kappa shape index (κ2) is 10.3. The van der Waals surface area contributed by atoms with E-state index in [0.717, 1.165) is 22.0 Å². The summed E-state index contributed by atoms with van der Waals surface area (Å²) in [5.41, 5.74) is 8.06. The van der Waals surface area contributed by atoms with Crippen molar-refractivity contribution in [2.24, 2.45) is 5.73 Å². The number of rotatable bonds is 9. The number of H-pyrrole nitrogens is 1. The third kappa shape index (κ3) is 5.94. The van der Waals surface area contributed by atoms with Crippen LogP contribution < -0.4 is 21.7 Å². The Morgan fingerprint density at radius 1 is 1.00 bits per heavy atom. The number of amides is 4. The molecule has 1 atom stereocenters. The fraction of sp³-hybridized carbons (Fsp3) is 0.217. The predicted octanol–water partition coefficient (Wildman–Crippen LogP) is 0.747. The first kappa shape index (κ1) is 22.5. The molecule has 2 aromatic carbocycles. The molecule has 0 bridgehead atoms. The van der Waals surface area contributed by atoms with Crippen LogP contribution in [0, 0.1) is 0 Å². The highest BCUT2D eigenvalue weighted by atomic mass is 16.2. The SMILES string of the molecule is CC(=O)NC(Cc1c[nH]c2ccccc12)C(=O)NCc1ccc(C(=O)NCC(N)=O)cc1. The van der Waals surface area contributed by atoms with Crippen molar-refractivity contribution in [1.82, 2.24) is 20.9 Å². The maximum absolute atomic E-state index is 12.8. The molecular weight excluding hydrogens is 410 g/mol. The molecule has 9 heteroatoms. The summed E-state index contributed by atoms with van der Waals surface area (Å²) in [4.78, 5) is 50.3. The van der Waals surface area contributed by atoms with Crippen LogP contribution in [0.4, 0.5) is 0 Å². The number of benzene rings is 2.